The van der Waals surface area contributed by atoms with Crippen molar-refractivity contribution in [2.24, 2.45) is 5.92 Å². The summed E-state index contributed by atoms with van der Waals surface area (Å²) in [5.74, 6) is 0.601. The Labute approximate surface area is 109 Å². The summed E-state index contributed by atoms with van der Waals surface area (Å²) >= 11 is 0. The Kier molecular flexibility index (Phi) is 5.20. The van der Waals surface area contributed by atoms with Crippen molar-refractivity contribution in [2.45, 2.75) is 38.1 Å². The molecule has 0 bridgehead atoms. The second-order valence-electron chi connectivity index (χ2n) is 5.33. The SMILES string of the molecule is O=C(CC1C=CCC1)N(CCO)CC1CCCN1. The lowest BCUT2D eigenvalue weighted by Gasteiger charge is -2.26. The molecule has 0 radical (unpaired) electrons. The van der Waals surface area contributed by atoms with Crippen LogP contribution in [-0.4, -0.2) is 48.2 Å². The van der Waals surface area contributed by atoms with Gasteiger partial charge in [-0.05, 0) is 38.1 Å². The summed E-state index contributed by atoms with van der Waals surface area (Å²) in [6, 6.07) is 0.416. The molecule has 1 fully saturated rings. The number of hydrogen-bond donors (Lipinski definition) is 2. The van der Waals surface area contributed by atoms with E-state index in [1.807, 2.05) is 4.90 Å². The molecular formula is C14H24N2O2. The monoisotopic (exact) mass is 252 g/mol. The molecule has 2 atom stereocenters. The number of rotatable bonds is 6. The van der Waals surface area contributed by atoms with Crippen molar-refractivity contribution in [3.05, 3.63) is 12.2 Å². The average molecular weight is 252 g/mol. The first-order valence-corrected chi connectivity index (χ1v) is 7.08. The fraction of sp³-hybridized carbons (Fsp3) is 0.786. The fourth-order valence-corrected chi connectivity index (χ4v) is 2.84. The van der Waals surface area contributed by atoms with Crippen LogP contribution in [0.4, 0.5) is 0 Å². The Morgan fingerprint density at radius 2 is 2.33 bits per heavy atom. The van der Waals surface area contributed by atoms with Gasteiger partial charge in [-0.25, -0.2) is 0 Å². The molecule has 0 aromatic rings. The van der Waals surface area contributed by atoms with Gasteiger partial charge in [-0.15, -0.1) is 0 Å². The van der Waals surface area contributed by atoms with Crippen molar-refractivity contribution in [2.75, 3.05) is 26.2 Å². The number of allylic oxidation sites excluding steroid dienone is 2. The summed E-state index contributed by atoms with van der Waals surface area (Å²) < 4.78 is 0. The van der Waals surface area contributed by atoms with Crippen LogP contribution in [0.15, 0.2) is 12.2 Å². The quantitative estimate of drug-likeness (QED) is 0.691. The predicted octanol–water partition coefficient (Wildman–Crippen LogP) is 0.916. The number of carbonyl (C=O) groups excluding carboxylic acids is 1. The number of carbonyl (C=O) groups is 1. The molecule has 1 aliphatic heterocycles. The van der Waals surface area contributed by atoms with Gasteiger partial charge in [0.2, 0.25) is 5.91 Å². The van der Waals surface area contributed by atoms with Crippen LogP contribution in [0.5, 0.6) is 0 Å². The van der Waals surface area contributed by atoms with E-state index in [0.29, 0.717) is 24.9 Å². The molecule has 4 heteroatoms. The maximum absolute atomic E-state index is 12.2. The van der Waals surface area contributed by atoms with Crippen molar-refractivity contribution >= 4 is 5.91 Å². The molecule has 0 aromatic carbocycles. The van der Waals surface area contributed by atoms with Crippen LogP contribution in [0.2, 0.25) is 0 Å². The fourth-order valence-electron chi connectivity index (χ4n) is 2.84. The number of hydrogen-bond acceptors (Lipinski definition) is 3. The Hall–Kier alpha value is -0.870. The number of aliphatic hydroxyl groups is 1. The van der Waals surface area contributed by atoms with Crippen LogP contribution < -0.4 is 5.32 Å². The Balaban J connectivity index is 1.82. The van der Waals surface area contributed by atoms with Crippen molar-refractivity contribution < 1.29 is 9.90 Å². The zero-order valence-electron chi connectivity index (χ0n) is 11.0. The second kappa shape index (κ2) is 6.90. The van der Waals surface area contributed by atoms with Crippen LogP contribution in [0, 0.1) is 5.92 Å². The van der Waals surface area contributed by atoms with Crippen LogP contribution in [0.3, 0.4) is 0 Å². The van der Waals surface area contributed by atoms with Crippen molar-refractivity contribution in [3.63, 3.8) is 0 Å². The van der Waals surface area contributed by atoms with E-state index in [2.05, 4.69) is 17.5 Å². The van der Waals surface area contributed by atoms with Crippen LogP contribution >= 0.6 is 0 Å². The highest BCUT2D eigenvalue weighted by atomic mass is 16.3. The third-order valence-electron chi connectivity index (χ3n) is 3.87. The predicted molar refractivity (Wildman–Crippen MR) is 71.2 cm³/mol. The second-order valence-corrected chi connectivity index (χ2v) is 5.33. The van der Waals surface area contributed by atoms with Gasteiger partial charge in [0.15, 0.2) is 0 Å². The maximum Gasteiger partial charge on any atom is 0.223 e. The van der Waals surface area contributed by atoms with E-state index in [4.69, 9.17) is 5.11 Å². The highest BCUT2D eigenvalue weighted by Crippen LogP contribution is 2.21. The van der Waals surface area contributed by atoms with Gasteiger partial charge >= 0.3 is 0 Å². The molecule has 2 unspecified atom stereocenters. The minimum Gasteiger partial charge on any atom is -0.395 e. The van der Waals surface area contributed by atoms with Crippen molar-refractivity contribution in [1.82, 2.24) is 10.2 Å². The van der Waals surface area contributed by atoms with Gasteiger partial charge in [0.1, 0.15) is 0 Å². The molecule has 4 nitrogen and oxygen atoms in total. The minimum atomic E-state index is 0.0545. The molecule has 0 aromatic heterocycles. The molecule has 1 aliphatic carbocycles. The molecule has 2 rings (SSSR count). The molecule has 0 saturated carbocycles. The highest BCUT2D eigenvalue weighted by Gasteiger charge is 2.23. The van der Waals surface area contributed by atoms with Gasteiger partial charge in [0.05, 0.1) is 6.61 Å². The molecule has 102 valence electrons. The summed E-state index contributed by atoms with van der Waals surface area (Å²) in [7, 11) is 0. The molecule has 2 N–H and O–H groups in total. The lowest BCUT2D eigenvalue weighted by Crippen LogP contribution is -2.42. The van der Waals surface area contributed by atoms with E-state index in [1.165, 1.54) is 6.42 Å². The summed E-state index contributed by atoms with van der Waals surface area (Å²) in [6.45, 7) is 2.32. The van der Waals surface area contributed by atoms with Crippen molar-refractivity contribution in [3.8, 4) is 0 Å². The maximum atomic E-state index is 12.2. The van der Waals surface area contributed by atoms with Gasteiger partial charge in [0.25, 0.3) is 0 Å². The first-order chi connectivity index (χ1) is 8.79. The summed E-state index contributed by atoms with van der Waals surface area (Å²) in [5, 5.41) is 12.5. The van der Waals surface area contributed by atoms with E-state index in [1.54, 1.807) is 0 Å². The van der Waals surface area contributed by atoms with Crippen LogP contribution in [-0.2, 0) is 4.79 Å². The highest BCUT2D eigenvalue weighted by molar-refractivity contribution is 5.76. The molecule has 0 spiro atoms. The number of nitrogens with zero attached hydrogens (tertiary/aromatic N) is 1. The topological polar surface area (TPSA) is 52.6 Å². The number of aliphatic hydroxyl groups excluding tert-OH is 1. The van der Waals surface area contributed by atoms with Crippen LogP contribution in [0.1, 0.15) is 32.1 Å². The van der Waals surface area contributed by atoms with E-state index >= 15 is 0 Å². The first kappa shape index (κ1) is 13.6. The minimum absolute atomic E-state index is 0.0545. The van der Waals surface area contributed by atoms with E-state index in [0.717, 1.165) is 32.4 Å². The van der Waals surface area contributed by atoms with E-state index < -0.39 is 0 Å². The van der Waals surface area contributed by atoms with Crippen LogP contribution in [0.25, 0.3) is 0 Å². The van der Waals surface area contributed by atoms with Gasteiger partial charge in [-0.2, -0.15) is 0 Å². The smallest absolute Gasteiger partial charge is 0.223 e. The molecule has 1 saturated heterocycles. The lowest BCUT2D eigenvalue weighted by molar-refractivity contribution is -0.132. The molecule has 1 heterocycles. The largest absolute Gasteiger partial charge is 0.395 e. The van der Waals surface area contributed by atoms with Gasteiger partial charge in [0, 0.05) is 25.6 Å². The van der Waals surface area contributed by atoms with Gasteiger partial charge in [-0.1, -0.05) is 12.2 Å². The number of amides is 1. The Bertz CT molecular complexity index is 298. The lowest BCUT2D eigenvalue weighted by atomic mass is 10.0. The molecule has 2 aliphatic rings. The third kappa shape index (κ3) is 3.82. The van der Waals surface area contributed by atoms with Gasteiger partial charge < -0.3 is 15.3 Å². The Morgan fingerprint density at radius 1 is 1.44 bits per heavy atom. The summed E-state index contributed by atoms with van der Waals surface area (Å²) in [4.78, 5) is 14.1. The molecular weight excluding hydrogens is 228 g/mol. The van der Waals surface area contributed by atoms with E-state index in [-0.39, 0.29) is 12.5 Å². The van der Waals surface area contributed by atoms with Crippen molar-refractivity contribution in [1.29, 1.82) is 0 Å². The molecule has 18 heavy (non-hydrogen) atoms. The Morgan fingerprint density at radius 3 is 2.94 bits per heavy atom. The molecule has 1 amide bonds. The van der Waals surface area contributed by atoms with Gasteiger partial charge in [-0.3, -0.25) is 4.79 Å². The zero-order valence-corrected chi connectivity index (χ0v) is 11.0. The first-order valence-electron chi connectivity index (χ1n) is 7.08. The standard InChI is InChI=1S/C14H24N2O2/c17-9-8-16(11-13-6-3-7-15-13)14(18)10-12-4-1-2-5-12/h1,4,12-13,15,17H,2-3,5-11H2. The zero-order chi connectivity index (χ0) is 12.8. The third-order valence-corrected chi connectivity index (χ3v) is 3.87. The average Bonchev–Trinajstić information content (AvgIpc) is 3.01. The summed E-state index contributed by atoms with van der Waals surface area (Å²) in [5.41, 5.74) is 0. The van der Waals surface area contributed by atoms with E-state index in [9.17, 15) is 4.79 Å². The summed E-state index contributed by atoms with van der Waals surface area (Å²) in [6.07, 6.45) is 9.44. The normalized spacial score (nSPS) is 26.7. The number of nitrogens with one attached hydrogen (secondary N) is 1.